The van der Waals surface area contributed by atoms with Crippen molar-refractivity contribution in [2.75, 3.05) is 18.2 Å². The van der Waals surface area contributed by atoms with Crippen molar-refractivity contribution in [1.29, 1.82) is 0 Å². The molecule has 1 aromatic heterocycles. The van der Waals surface area contributed by atoms with E-state index < -0.39 is 22.6 Å². The maximum absolute atomic E-state index is 12.6. The van der Waals surface area contributed by atoms with Crippen molar-refractivity contribution in [1.82, 2.24) is 4.98 Å². The van der Waals surface area contributed by atoms with Crippen LogP contribution in [0.15, 0.2) is 30.6 Å². The number of halogens is 4. The lowest BCUT2D eigenvalue weighted by molar-refractivity contribution is -0.0515. The lowest BCUT2D eigenvalue weighted by atomic mass is 10.2. The average molecular weight is 499 g/mol. The van der Waals surface area contributed by atoms with E-state index >= 15 is 0 Å². The van der Waals surface area contributed by atoms with Crippen LogP contribution in [-0.2, 0) is 10.1 Å². The largest absolute Gasteiger partial charge is 0.489 e. The molecule has 1 aliphatic carbocycles. The molecule has 0 atom stereocenters. The second kappa shape index (κ2) is 10.9. The standard InChI is InChI=1S/C17H14Cl2F2N2O3.CH4O3S/c18-11-6-22-7-12(19)15(11)23-16(24)10-3-4-13(26-17(20)21)14(5-10)25-8-9-1-2-9;1-5(2,3)4/h3-7,9,17H,1-2,8H2,(H,22,23,24);1H3,(H,2,3,4). The molecule has 0 unspecified atom stereocenters. The Labute approximate surface area is 187 Å². The summed E-state index contributed by atoms with van der Waals surface area (Å²) in [6, 6.07) is 3.96. The number of amides is 1. The number of aromatic nitrogens is 1. The number of hydrogen-bond donors (Lipinski definition) is 2. The average Bonchev–Trinajstić information content (AvgIpc) is 3.46. The van der Waals surface area contributed by atoms with Gasteiger partial charge < -0.3 is 14.8 Å². The fraction of sp³-hybridized carbons (Fsp3) is 0.333. The molecule has 170 valence electrons. The van der Waals surface area contributed by atoms with Crippen molar-refractivity contribution in [3.8, 4) is 11.5 Å². The Balaban J connectivity index is 0.000000614. The molecule has 13 heteroatoms. The number of ether oxygens (including phenoxy) is 2. The SMILES string of the molecule is CS(=O)(=O)O.O=C(Nc1c(Cl)cncc1Cl)c1ccc(OC(F)F)c(OCC2CC2)c1. The van der Waals surface area contributed by atoms with Gasteiger partial charge in [-0.25, -0.2) is 0 Å². The van der Waals surface area contributed by atoms with Gasteiger partial charge >= 0.3 is 6.61 Å². The number of carbonyl (C=O) groups excluding carboxylic acids is 1. The van der Waals surface area contributed by atoms with E-state index in [4.69, 9.17) is 32.5 Å². The minimum Gasteiger partial charge on any atom is -0.489 e. The molecule has 1 saturated carbocycles. The number of pyridine rings is 1. The molecular weight excluding hydrogens is 481 g/mol. The molecule has 1 amide bonds. The molecule has 3 rings (SSSR count). The first-order valence-corrected chi connectivity index (χ1v) is 11.3. The predicted molar refractivity (Wildman–Crippen MR) is 111 cm³/mol. The highest BCUT2D eigenvalue weighted by Crippen LogP contribution is 2.35. The number of benzene rings is 1. The molecular formula is C18H18Cl2F2N2O6S. The normalized spacial score (nSPS) is 13.3. The van der Waals surface area contributed by atoms with Crippen LogP contribution in [0.25, 0.3) is 0 Å². The zero-order valence-electron chi connectivity index (χ0n) is 16.0. The van der Waals surface area contributed by atoms with Gasteiger partial charge in [-0.2, -0.15) is 17.2 Å². The number of carbonyl (C=O) groups is 1. The molecule has 1 fully saturated rings. The predicted octanol–water partition coefficient (Wildman–Crippen LogP) is 4.53. The minimum atomic E-state index is -3.67. The van der Waals surface area contributed by atoms with Gasteiger partial charge in [0.05, 0.1) is 28.6 Å². The first-order chi connectivity index (χ1) is 14.4. The summed E-state index contributed by atoms with van der Waals surface area (Å²) in [7, 11) is -3.67. The summed E-state index contributed by atoms with van der Waals surface area (Å²) in [4.78, 5) is 16.3. The molecule has 0 saturated heterocycles. The molecule has 1 aromatic carbocycles. The third-order valence-electron chi connectivity index (χ3n) is 3.69. The summed E-state index contributed by atoms with van der Waals surface area (Å²) in [5, 5.41) is 2.92. The van der Waals surface area contributed by atoms with E-state index in [0.29, 0.717) is 18.8 Å². The Morgan fingerprint density at radius 2 is 1.84 bits per heavy atom. The van der Waals surface area contributed by atoms with E-state index in [1.54, 1.807) is 0 Å². The zero-order chi connectivity index (χ0) is 23.2. The van der Waals surface area contributed by atoms with Crippen LogP contribution in [0.3, 0.4) is 0 Å². The van der Waals surface area contributed by atoms with Crippen LogP contribution < -0.4 is 14.8 Å². The summed E-state index contributed by atoms with van der Waals surface area (Å²) in [5.41, 5.74) is 0.392. The van der Waals surface area contributed by atoms with Crippen molar-refractivity contribution >= 4 is 44.9 Å². The van der Waals surface area contributed by atoms with Gasteiger partial charge in [-0.3, -0.25) is 14.3 Å². The molecule has 1 heterocycles. The van der Waals surface area contributed by atoms with Gasteiger partial charge in [-0.1, -0.05) is 23.2 Å². The number of alkyl halides is 2. The van der Waals surface area contributed by atoms with Crippen molar-refractivity contribution in [3.63, 3.8) is 0 Å². The topological polar surface area (TPSA) is 115 Å². The van der Waals surface area contributed by atoms with Crippen molar-refractivity contribution in [3.05, 3.63) is 46.2 Å². The molecule has 2 N–H and O–H groups in total. The van der Waals surface area contributed by atoms with Crippen LogP contribution in [0, 0.1) is 5.92 Å². The molecule has 0 bridgehead atoms. The van der Waals surface area contributed by atoms with Gasteiger partial charge in [0, 0.05) is 18.0 Å². The van der Waals surface area contributed by atoms with Gasteiger partial charge in [-0.05, 0) is 37.0 Å². The molecule has 31 heavy (non-hydrogen) atoms. The summed E-state index contributed by atoms with van der Waals surface area (Å²) in [5.74, 6) is -0.171. The highest BCUT2D eigenvalue weighted by atomic mass is 35.5. The third kappa shape index (κ3) is 9.21. The van der Waals surface area contributed by atoms with Gasteiger partial charge in [-0.15, -0.1) is 0 Å². The first-order valence-electron chi connectivity index (χ1n) is 8.68. The van der Waals surface area contributed by atoms with Crippen LogP contribution in [0.4, 0.5) is 14.5 Å². The summed E-state index contributed by atoms with van der Waals surface area (Å²) < 4.78 is 61.0. The Bertz CT molecular complexity index is 1010. The molecule has 0 aliphatic heterocycles. The molecule has 2 aromatic rings. The maximum Gasteiger partial charge on any atom is 0.387 e. The molecule has 0 radical (unpaired) electrons. The van der Waals surface area contributed by atoms with E-state index in [1.165, 1.54) is 30.6 Å². The van der Waals surface area contributed by atoms with Crippen LogP contribution in [0.5, 0.6) is 11.5 Å². The lowest BCUT2D eigenvalue weighted by Crippen LogP contribution is -2.14. The van der Waals surface area contributed by atoms with Crippen LogP contribution in [0.1, 0.15) is 23.2 Å². The van der Waals surface area contributed by atoms with E-state index in [-0.39, 0.29) is 32.8 Å². The van der Waals surface area contributed by atoms with E-state index in [2.05, 4.69) is 15.0 Å². The summed E-state index contributed by atoms with van der Waals surface area (Å²) >= 11 is 12.0. The zero-order valence-corrected chi connectivity index (χ0v) is 18.3. The first kappa shape index (κ1) is 25.1. The fourth-order valence-electron chi connectivity index (χ4n) is 2.16. The smallest absolute Gasteiger partial charge is 0.387 e. The number of rotatable bonds is 7. The summed E-state index contributed by atoms with van der Waals surface area (Å²) in [6.45, 7) is -2.61. The van der Waals surface area contributed by atoms with Crippen molar-refractivity contribution < 1.29 is 36.0 Å². The van der Waals surface area contributed by atoms with Crippen LogP contribution in [-0.4, -0.2) is 43.3 Å². The maximum atomic E-state index is 12.6. The quantitative estimate of drug-likeness (QED) is 0.538. The third-order valence-corrected chi connectivity index (χ3v) is 4.26. The summed E-state index contributed by atoms with van der Waals surface area (Å²) in [6.07, 6.45) is 5.46. The highest BCUT2D eigenvalue weighted by Gasteiger charge is 2.23. The van der Waals surface area contributed by atoms with E-state index in [1.807, 2.05) is 0 Å². The number of anilines is 1. The van der Waals surface area contributed by atoms with Crippen LogP contribution >= 0.6 is 23.2 Å². The lowest BCUT2D eigenvalue weighted by Gasteiger charge is -2.14. The number of nitrogens with one attached hydrogen (secondary N) is 1. The second-order valence-electron chi connectivity index (χ2n) is 6.46. The van der Waals surface area contributed by atoms with Gasteiger partial charge in [0.25, 0.3) is 16.0 Å². The van der Waals surface area contributed by atoms with Gasteiger partial charge in [0.15, 0.2) is 11.5 Å². The second-order valence-corrected chi connectivity index (χ2v) is 8.74. The Kier molecular flexibility index (Phi) is 8.80. The Hall–Kier alpha value is -2.21. The molecule has 8 nitrogen and oxygen atoms in total. The Morgan fingerprint density at radius 3 is 2.35 bits per heavy atom. The van der Waals surface area contributed by atoms with E-state index in [0.717, 1.165) is 12.8 Å². The minimum absolute atomic E-state index is 0.0803. The Morgan fingerprint density at radius 1 is 1.26 bits per heavy atom. The van der Waals surface area contributed by atoms with Gasteiger partial charge in [0.2, 0.25) is 0 Å². The van der Waals surface area contributed by atoms with Crippen molar-refractivity contribution in [2.45, 2.75) is 19.5 Å². The number of hydrogen-bond acceptors (Lipinski definition) is 6. The highest BCUT2D eigenvalue weighted by molar-refractivity contribution is 7.85. The number of nitrogens with zero attached hydrogens (tertiary/aromatic N) is 1. The molecule has 1 aliphatic rings. The fourth-order valence-corrected chi connectivity index (χ4v) is 2.62. The van der Waals surface area contributed by atoms with Crippen LogP contribution in [0.2, 0.25) is 10.0 Å². The monoisotopic (exact) mass is 498 g/mol. The molecule has 0 spiro atoms. The van der Waals surface area contributed by atoms with E-state index in [9.17, 15) is 22.0 Å². The van der Waals surface area contributed by atoms with Gasteiger partial charge in [0.1, 0.15) is 0 Å². The van der Waals surface area contributed by atoms with Crippen molar-refractivity contribution in [2.24, 2.45) is 5.92 Å².